The molecule has 8 heteroatoms. The van der Waals surface area contributed by atoms with Gasteiger partial charge in [-0.3, -0.25) is 0 Å². The Morgan fingerprint density at radius 2 is 2.00 bits per heavy atom. The minimum atomic E-state index is -0.388. The lowest BCUT2D eigenvalue weighted by atomic mass is 10.1. The minimum absolute atomic E-state index is 0.388. The highest BCUT2D eigenvalue weighted by Gasteiger charge is 2.12. The third-order valence-electron chi connectivity index (χ3n) is 3.98. The zero-order chi connectivity index (χ0) is 18.1. The van der Waals surface area contributed by atoms with Crippen LogP contribution in [-0.4, -0.2) is 27.0 Å². The standard InChI is InChI=1S/C18H14ClFN4OS/c1-25-18-10(2-13(20)8-24-18)4-16-21-9-14(26-16)3-11-6-22-17-15(11)5-12(19)7-23-17/h2,5-9H,3-4H2,1H3,(H,22,23). The van der Waals surface area contributed by atoms with E-state index in [0.717, 1.165) is 39.1 Å². The van der Waals surface area contributed by atoms with E-state index in [1.165, 1.54) is 13.2 Å². The van der Waals surface area contributed by atoms with Crippen LogP contribution in [0.2, 0.25) is 5.02 Å². The maximum Gasteiger partial charge on any atom is 0.216 e. The molecular formula is C18H14ClFN4OS. The van der Waals surface area contributed by atoms with Crippen LogP contribution in [0.3, 0.4) is 0 Å². The monoisotopic (exact) mass is 388 g/mol. The summed E-state index contributed by atoms with van der Waals surface area (Å²) in [5.74, 6) is 0.0289. The molecule has 5 nitrogen and oxygen atoms in total. The summed E-state index contributed by atoms with van der Waals surface area (Å²) in [5.41, 5.74) is 2.59. The predicted octanol–water partition coefficient (Wildman–Crippen LogP) is 4.40. The van der Waals surface area contributed by atoms with Gasteiger partial charge in [0.1, 0.15) is 11.5 Å². The number of methoxy groups -OCH3 is 1. The number of fused-ring (bicyclic) bond motifs is 1. The van der Waals surface area contributed by atoms with Gasteiger partial charge in [-0.2, -0.15) is 0 Å². The minimum Gasteiger partial charge on any atom is -0.481 e. The van der Waals surface area contributed by atoms with Crippen LogP contribution in [0.4, 0.5) is 4.39 Å². The number of ether oxygens (including phenoxy) is 1. The number of nitrogens with one attached hydrogen (secondary N) is 1. The smallest absolute Gasteiger partial charge is 0.216 e. The van der Waals surface area contributed by atoms with Gasteiger partial charge in [0.05, 0.1) is 23.3 Å². The van der Waals surface area contributed by atoms with Gasteiger partial charge >= 0.3 is 0 Å². The highest BCUT2D eigenvalue weighted by atomic mass is 35.5. The normalized spacial score (nSPS) is 11.2. The van der Waals surface area contributed by atoms with Gasteiger partial charge in [0, 0.05) is 47.3 Å². The molecule has 132 valence electrons. The van der Waals surface area contributed by atoms with Crippen LogP contribution in [0, 0.1) is 5.82 Å². The van der Waals surface area contributed by atoms with E-state index in [0.29, 0.717) is 22.9 Å². The Balaban J connectivity index is 1.56. The molecular weight excluding hydrogens is 375 g/mol. The number of thiazole rings is 1. The number of rotatable bonds is 5. The van der Waals surface area contributed by atoms with E-state index >= 15 is 0 Å². The van der Waals surface area contributed by atoms with Crippen LogP contribution in [0.15, 0.2) is 36.9 Å². The molecule has 0 saturated heterocycles. The summed E-state index contributed by atoms with van der Waals surface area (Å²) in [6.07, 6.45) is 7.74. The van der Waals surface area contributed by atoms with Crippen molar-refractivity contribution in [3.05, 3.63) is 68.8 Å². The summed E-state index contributed by atoms with van der Waals surface area (Å²) in [6, 6.07) is 3.33. The summed E-state index contributed by atoms with van der Waals surface area (Å²) in [6.45, 7) is 0. The fraction of sp³-hybridized carbons (Fsp3) is 0.167. The molecule has 0 amide bonds. The van der Waals surface area contributed by atoms with Crippen molar-refractivity contribution in [2.24, 2.45) is 0 Å². The maximum atomic E-state index is 13.5. The molecule has 0 aliphatic rings. The zero-order valence-electron chi connectivity index (χ0n) is 13.8. The molecule has 0 aromatic carbocycles. The van der Waals surface area contributed by atoms with Crippen molar-refractivity contribution in [2.45, 2.75) is 12.8 Å². The molecule has 0 aliphatic carbocycles. The van der Waals surface area contributed by atoms with Gasteiger partial charge in [0.2, 0.25) is 5.88 Å². The quantitative estimate of drug-likeness (QED) is 0.550. The molecule has 0 radical (unpaired) electrons. The van der Waals surface area contributed by atoms with E-state index in [-0.39, 0.29) is 5.82 Å². The maximum absolute atomic E-state index is 13.5. The first-order chi connectivity index (χ1) is 12.6. The first-order valence-corrected chi connectivity index (χ1v) is 9.05. The van der Waals surface area contributed by atoms with E-state index in [9.17, 15) is 4.39 Å². The molecule has 4 heterocycles. The van der Waals surface area contributed by atoms with E-state index in [1.54, 1.807) is 17.5 Å². The van der Waals surface area contributed by atoms with Crippen LogP contribution >= 0.6 is 22.9 Å². The van der Waals surface area contributed by atoms with Crippen molar-refractivity contribution in [2.75, 3.05) is 7.11 Å². The summed E-state index contributed by atoms with van der Waals surface area (Å²) in [4.78, 5) is 16.9. The molecule has 0 unspecified atom stereocenters. The molecule has 4 aromatic rings. The summed E-state index contributed by atoms with van der Waals surface area (Å²) >= 11 is 7.63. The molecule has 0 spiro atoms. The Kier molecular flexibility index (Phi) is 4.57. The van der Waals surface area contributed by atoms with Crippen molar-refractivity contribution in [1.82, 2.24) is 19.9 Å². The van der Waals surface area contributed by atoms with Gasteiger partial charge < -0.3 is 9.72 Å². The van der Waals surface area contributed by atoms with Gasteiger partial charge in [-0.25, -0.2) is 19.3 Å². The Labute approximate surface area is 157 Å². The first kappa shape index (κ1) is 16.9. The molecule has 1 N–H and O–H groups in total. The number of hydrogen-bond donors (Lipinski definition) is 1. The highest BCUT2D eigenvalue weighted by molar-refractivity contribution is 7.11. The molecule has 0 aliphatic heterocycles. The van der Waals surface area contributed by atoms with Crippen LogP contribution in [0.1, 0.15) is 21.0 Å². The number of aromatic amines is 1. The summed E-state index contributed by atoms with van der Waals surface area (Å²) < 4.78 is 18.7. The number of pyridine rings is 2. The topological polar surface area (TPSA) is 63.7 Å². The lowest BCUT2D eigenvalue weighted by Crippen LogP contribution is -1.97. The van der Waals surface area contributed by atoms with Crippen LogP contribution in [0.25, 0.3) is 11.0 Å². The molecule has 0 bridgehead atoms. The van der Waals surface area contributed by atoms with Gasteiger partial charge in [-0.05, 0) is 17.7 Å². The third-order valence-corrected chi connectivity index (χ3v) is 5.18. The summed E-state index contributed by atoms with van der Waals surface area (Å²) in [5, 5.41) is 2.49. The van der Waals surface area contributed by atoms with E-state index in [2.05, 4.69) is 19.9 Å². The Hall–Kier alpha value is -2.51. The van der Waals surface area contributed by atoms with E-state index in [1.807, 2.05) is 18.5 Å². The van der Waals surface area contributed by atoms with E-state index < -0.39 is 0 Å². The molecule has 4 aromatic heterocycles. The predicted molar refractivity (Wildman–Crippen MR) is 99.6 cm³/mol. The number of aromatic nitrogens is 4. The number of nitrogens with zero attached hydrogens (tertiary/aromatic N) is 3. The van der Waals surface area contributed by atoms with Crippen molar-refractivity contribution in [3.8, 4) is 5.88 Å². The van der Waals surface area contributed by atoms with Gasteiger partial charge in [0.15, 0.2) is 0 Å². The van der Waals surface area contributed by atoms with Gasteiger partial charge in [0.25, 0.3) is 0 Å². The summed E-state index contributed by atoms with van der Waals surface area (Å²) in [7, 11) is 1.52. The number of hydrogen-bond acceptors (Lipinski definition) is 5. The average Bonchev–Trinajstić information content (AvgIpc) is 3.23. The lowest BCUT2D eigenvalue weighted by Gasteiger charge is -2.05. The zero-order valence-corrected chi connectivity index (χ0v) is 15.4. The van der Waals surface area contributed by atoms with Crippen molar-refractivity contribution < 1.29 is 9.13 Å². The Bertz CT molecular complexity index is 1080. The largest absolute Gasteiger partial charge is 0.481 e. The second kappa shape index (κ2) is 7.01. The molecule has 0 atom stereocenters. The molecule has 26 heavy (non-hydrogen) atoms. The van der Waals surface area contributed by atoms with Crippen LogP contribution in [-0.2, 0) is 12.8 Å². The Morgan fingerprint density at radius 1 is 1.12 bits per heavy atom. The second-order valence-electron chi connectivity index (χ2n) is 5.76. The number of halogens is 2. The van der Waals surface area contributed by atoms with Gasteiger partial charge in [-0.1, -0.05) is 11.6 Å². The second-order valence-corrected chi connectivity index (χ2v) is 7.40. The fourth-order valence-electron chi connectivity index (χ4n) is 2.82. The first-order valence-electron chi connectivity index (χ1n) is 7.86. The Morgan fingerprint density at radius 3 is 2.85 bits per heavy atom. The third kappa shape index (κ3) is 3.40. The van der Waals surface area contributed by atoms with Crippen LogP contribution < -0.4 is 4.74 Å². The van der Waals surface area contributed by atoms with Crippen molar-refractivity contribution in [3.63, 3.8) is 0 Å². The fourth-order valence-corrected chi connectivity index (χ4v) is 3.95. The van der Waals surface area contributed by atoms with Crippen LogP contribution in [0.5, 0.6) is 5.88 Å². The molecule has 0 fully saturated rings. The number of H-pyrrole nitrogens is 1. The molecule has 4 rings (SSSR count). The highest BCUT2D eigenvalue weighted by Crippen LogP contribution is 2.27. The van der Waals surface area contributed by atoms with Crippen molar-refractivity contribution in [1.29, 1.82) is 0 Å². The van der Waals surface area contributed by atoms with Gasteiger partial charge in [-0.15, -0.1) is 11.3 Å². The van der Waals surface area contributed by atoms with E-state index in [4.69, 9.17) is 16.3 Å². The SMILES string of the molecule is COc1ncc(F)cc1Cc1ncc(Cc2c[nH]c3ncc(Cl)cc23)s1. The molecule has 0 saturated carbocycles. The van der Waals surface area contributed by atoms with Crippen molar-refractivity contribution >= 4 is 34.0 Å². The average molecular weight is 389 g/mol. The lowest BCUT2D eigenvalue weighted by molar-refractivity contribution is 0.391.